The number of hydrogen-bond donors (Lipinski definition) is 0. The predicted molar refractivity (Wildman–Crippen MR) is 225 cm³/mol. The average molecular weight is 724 g/mol. The third-order valence-electron chi connectivity index (χ3n) is 11.7. The molecule has 266 valence electrons. The van der Waals surface area contributed by atoms with Crippen molar-refractivity contribution in [3.05, 3.63) is 175 Å². The lowest BCUT2D eigenvalue weighted by Gasteiger charge is -2.28. The van der Waals surface area contributed by atoms with Gasteiger partial charge in [-0.1, -0.05) is 86.6 Å². The smallest absolute Gasteiger partial charge is 0.170 e. The average Bonchev–Trinajstić information content (AvgIpc) is 3.86. The van der Waals surface area contributed by atoms with Gasteiger partial charge >= 0.3 is 0 Å². The zero-order valence-electron chi connectivity index (χ0n) is 30.7. The van der Waals surface area contributed by atoms with Crippen LogP contribution < -0.4 is 14.4 Å². The molecule has 1 aliphatic heterocycles. The van der Waals surface area contributed by atoms with E-state index in [0.29, 0.717) is 17.2 Å². The summed E-state index contributed by atoms with van der Waals surface area (Å²) in [7, 11) is 0. The van der Waals surface area contributed by atoms with Crippen LogP contribution in [0.4, 0.5) is 17.1 Å². The minimum Gasteiger partial charge on any atom is -0.456 e. The van der Waals surface area contributed by atoms with Gasteiger partial charge in [-0.05, 0) is 112 Å². The van der Waals surface area contributed by atoms with Crippen LogP contribution in [0.15, 0.2) is 173 Å². The van der Waals surface area contributed by atoms with E-state index >= 15 is 0 Å². The normalized spacial score (nSPS) is 13.6. The Hall–Kier alpha value is -7.24. The SMILES string of the molecule is CC1(C)c2ccccc2-c2ccc(N(c3ccc4c(c3)oc3ccccc34)c3ccc4c(c3)oc3cc(-c5ccc6c(c5)Oc5ccccc5O6)ccc34)cc21. The van der Waals surface area contributed by atoms with E-state index in [2.05, 4.69) is 134 Å². The van der Waals surface area contributed by atoms with Crippen molar-refractivity contribution in [2.45, 2.75) is 19.3 Å². The molecule has 0 unspecified atom stereocenters. The minimum atomic E-state index is -0.140. The maximum atomic E-state index is 6.69. The van der Waals surface area contributed by atoms with Gasteiger partial charge in [-0.2, -0.15) is 0 Å². The topological polar surface area (TPSA) is 48.0 Å². The van der Waals surface area contributed by atoms with Crippen LogP contribution in [0.3, 0.4) is 0 Å². The van der Waals surface area contributed by atoms with Gasteiger partial charge in [0.05, 0.1) is 0 Å². The Morgan fingerprint density at radius 1 is 0.375 bits per heavy atom. The molecule has 0 spiro atoms. The summed E-state index contributed by atoms with van der Waals surface area (Å²) in [4.78, 5) is 2.32. The Morgan fingerprint density at radius 2 is 0.893 bits per heavy atom. The lowest BCUT2D eigenvalue weighted by atomic mass is 9.82. The second kappa shape index (κ2) is 11.4. The molecule has 0 radical (unpaired) electrons. The van der Waals surface area contributed by atoms with Crippen molar-refractivity contribution in [2.24, 2.45) is 0 Å². The summed E-state index contributed by atoms with van der Waals surface area (Å²) >= 11 is 0. The first-order valence-corrected chi connectivity index (χ1v) is 19.0. The molecule has 0 bridgehead atoms. The fraction of sp³-hybridized carbons (Fsp3) is 0.0588. The Bertz CT molecular complexity index is 3260. The fourth-order valence-electron chi connectivity index (χ4n) is 8.92. The number of fused-ring (bicyclic) bond motifs is 11. The van der Waals surface area contributed by atoms with Crippen LogP contribution >= 0.6 is 0 Å². The molecule has 0 atom stereocenters. The number of benzene rings is 8. The first-order chi connectivity index (χ1) is 27.5. The minimum absolute atomic E-state index is 0.140. The molecule has 5 heteroatoms. The van der Waals surface area contributed by atoms with Gasteiger partial charge < -0.3 is 23.2 Å². The van der Waals surface area contributed by atoms with E-state index < -0.39 is 0 Å². The van der Waals surface area contributed by atoms with E-state index in [9.17, 15) is 0 Å². The van der Waals surface area contributed by atoms with Crippen molar-refractivity contribution in [1.29, 1.82) is 0 Å². The van der Waals surface area contributed by atoms with Crippen LogP contribution in [0, 0.1) is 0 Å². The Labute approximate surface area is 322 Å². The molecule has 0 fully saturated rings. The molecule has 0 N–H and O–H groups in total. The van der Waals surface area contributed by atoms with E-state index in [1.807, 2.05) is 48.5 Å². The zero-order chi connectivity index (χ0) is 37.1. The Morgan fingerprint density at radius 3 is 1.68 bits per heavy atom. The molecule has 0 saturated carbocycles. The van der Waals surface area contributed by atoms with Crippen molar-refractivity contribution < 1.29 is 18.3 Å². The molecular weight excluding hydrogens is 691 g/mol. The second-order valence-electron chi connectivity index (χ2n) is 15.3. The summed E-state index contributed by atoms with van der Waals surface area (Å²) in [6, 6.07) is 57.1. The fourth-order valence-corrected chi connectivity index (χ4v) is 8.92. The van der Waals surface area contributed by atoms with Crippen molar-refractivity contribution in [3.63, 3.8) is 0 Å². The van der Waals surface area contributed by atoms with Crippen molar-refractivity contribution in [3.8, 4) is 45.3 Å². The summed E-state index contributed by atoms with van der Waals surface area (Å²) in [5.74, 6) is 2.82. The van der Waals surface area contributed by atoms with Crippen LogP contribution in [0.1, 0.15) is 25.0 Å². The summed E-state index contributed by atoms with van der Waals surface area (Å²) in [5, 5.41) is 4.34. The lowest BCUT2D eigenvalue weighted by molar-refractivity contribution is 0.360. The van der Waals surface area contributed by atoms with Gasteiger partial charge in [0.15, 0.2) is 23.0 Å². The van der Waals surface area contributed by atoms with Gasteiger partial charge in [0.25, 0.3) is 0 Å². The van der Waals surface area contributed by atoms with E-state index in [4.69, 9.17) is 18.3 Å². The van der Waals surface area contributed by atoms with Crippen LogP contribution in [-0.2, 0) is 5.41 Å². The number of anilines is 3. The highest BCUT2D eigenvalue weighted by Crippen LogP contribution is 2.51. The molecule has 5 nitrogen and oxygen atoms in total. The predicted octanol–water partition coefficient (Wildman–Crippen LogP) is 14.8. The largest absolute Gasteiger partial charge is 0.456 e. The maximum absolute atomic E-state index is 6.69. The van der Waals surface area contributed by atoms with Crippen LogP contribution in [0.25, 0.3) is 66.1 Å². The molecule has 12 rings (SSSR count). The van der Waals surface area contributed by atoms with Gasteiger partial charge in [-0.25, -0.2) is 0 Å². The molecule has 1 aliphatic carbocycles. The summed E-state index contributed by atoms with van der Waals surface area (Å²) in [6.45, 7) is 4.65. The third kappa shape index (κ3) is 4.55. The summed E-state index contributed by atoms with van der Waals surface area (Å²) in [5.41, 5.74) is 13.6. The number of ether oxygens (including phenoxy) is 2. The lowest BCUT2D eigenvalue weighted by Crippen LogP contribution is -2.16. The Balaban J connectivity index is 0.978. The highest BCUT2D eigenvalue weighted by molar-refractivity contribution is 6.08. The first-order valence-electron chi connectivity index (χ1n) is 19.0. The van der Waals surface area contributed by atoms with Crippen molar-refractivity contribution >= 4 is 60.9 Å². The van der Waals surface area contributed by atoms with Gasteiger partial charge in [-0.3, -0.25) is 0 Å². The number of rotatable bonds is 4. The van der Waals surface area contributed by atoms with Crippen molar-refractivity contribution in [1.82, 2.24) is 0 Å². The maximum Gasteiger partial charge on any atom is 0.170 e. The molecule has 8 aromatic carbocycles. The molecule has 3 heterocycles. The van der Waals surface area contributed by atoms with Crippen LogP contribution in [0.5, 0.6) is 23.0 Å². The van der Waals surface area contributed by atoms with Crippen molar-refractivity contribution in [2.75, 3.05) is 4.90 Å². The molecular formula is C51H33NO4. The molecule has 0 amide bonds. The Kier molecular flexibility index (Phi) is 6.33. The standard InChI is InChI=1S/C51H33NO4/c1-51(2)41-11-5-3-9-35(41)36-21-17-32(27-42(36)51)52(33-18-22-39-37-10-4-6-12-43(37)53-48(39)28-33)34-19-23-40-38-20-15-30(25-47(38)56-49(40)29-34)31-16-24-46-50(26-31)55-45-14-8-7-13-44(45)54-46/h3-29H,1-2H3. The zero-order valence-corrected chi connectivity index (χ0v) is 30.7. The van der Waals surface area contributed by atoms with Gasteiger partial charge in [0, 0.05) is 56.2 Å². The van der Waals surface area contributed by atoms with E-state index in [-0.39, 0.29) is 5.41 Å². The number of nitrogens with zero attached hydrogens (tertiary/aromatic N) is 1. The quantitative estimate of drug-likeness (QED) is 0.181. The van der Waals surface area contributed by atoms with Gasteiger partial charge in [0.2, 0.25) is 0 Å². The van der Waals surface area contributed by atoms with Crippen LogP contribution in [-0.4, -0.2) is 0 Å². The number of furan rings is 2. The van der Waals surface area contributed by atoms with Gasteiger partial charge in [0.1, 0.15) is 22.3 Å². The third-order valence-corrected chi connectivity index (χ3v) is 11.7. The summed E-state index contributed by atoms with van der Waals surface area (Å²) in [6.07, 6.45) is 0. The highest BCUT2D eigenvalue weighted by Gasteiger charge is 2.36. The van der Waals surface area contributed by atoms with Crippen LogP contribution in [0.2, 0.25) is 0 Å². The molecule has 56 heavy (non-hydrogen) atoms. The second-order valence-corrected chi connectivity index (χ2v) is 15.3. The molecule has 10 aromatic rings. The molecule has 2 aliphatic rings. The number of para-hydroxylation sites is 3. The van der Waals surface area contributed by atoms with E-state index in [0.717, 1.165) is 77.8 Å². The van der Waals surface area contributed by atoms with Gasteiger partial charge in [-0.15, -0.1) is 0 Å². The first kappa shape index (κ1) is 31.1. The highest BCUT2D eigenvalue weighted by atomic mass is 16.6. The number of hydrogen-bond acceptors (Lipinski definition) is 5. The monoisotopic (exact) mass is 723 g/mol. The molecule has 0 saturated heterocycles. The van der Waals surface area contributed by atoms with E-state index in [1.54, 1.807) is 0 Å². The van der Waals surface area contributed by atoms with E-state index in [1.165, 1.54) is 22.3 Å². The summed E-state index contributed by atoms with van der Waals surface area (Å²) < 4.78 is 25.4. The molecule has 2 aromatic heterocycles.